The van der Waals surface area contributed by atoms with E-state index in [0.717, 1.165) is 5.56 Å². The van der Waals surface area contributed by atoms with E-state index in [1.54, 1.807) is 18.2 Å². The molecule has 3 aromatic carbocycles. The number of rotatable bonds is 7. The third-order valence-electron chi connectivity index (χ3n) is 4.74. The minimum atomic E-state index is -4.04. The molecule has 0 fully saturated rings. The van der Waals surface area contributed by atoms with Crippen LogP contribution in [0, 0.1) is 0 Å². The molecule has 1 heterocycles. The number of sulfonamides is 1. The van der Waals surface area contributed by atoms with Crippen molar-refractivity contribution in [2.75, 3.05) is 17.1 Å². The van der Waals surface area contributed by atoms with Crippen molar-refractivity contribution < 1.29 is 17.9 Å². The fraction of sp³-hybridized carbons (Fsp3) is 0.0417. The summed E-state index contributed by atoms with van der Waals surface area (Å²) in [5, 5.41) is 3.12. The highest BCUT2D eigenvalue weighted by molar-refractivity contribution is 7.92. The maximum absolute atomic E-state index is 13.0. The summed E-state index contributed by atoms with van der Waals surface area (Å²) in [5.74, 6) is -0.528. The molecule has 2 N–H and O–H groups in total. The quantitative estimate of drug-likeness (QED) is 0.379. The first-order chi connectivity index (χ1) is 16.4. The number of ether oxygens (including phenoxy) is 1. The fourth-order valence-corrected chi connectivity index (χ4v) is 4.50. The molecule has 0 unspecified atom stereocenters. The van der Waals surface area contributed by atoms with Gasteiger partial charge in [-0.25, -0.2) is 18.4 Å². The molecule has 172 valence electrons. The number of anilines is 2. The number of nitrogens with zero attached hydrogens (tertiary/aromatic N) is 2. The average molecular weight is 495 g/mol. The smallest absolute Gasteiger partial charge is 0.293 e. The van der Waals surface area contributed by atoms with Crippen molar-refractivity contribution in [3.63, 3.8) is 0 Å². The van der Waals surface area contributed by atoms with Crippen LogP contribution in [0.15, 0.2) is 90.0 Å². The Labute approximate surface area is 201 Å². The molecule has 10 heteroatoms. The maximum Gasteiger partial charge on any atom is 0.293 e. The van der Waals surface area contributed by atoms with Crippen molar-refractivity contribution in [3.05, 3.63) is 95.9 Å². The van der Waals surface area contributed by atoms with Gasteiger partial charge in [-0.05, 0) is 48.5 Å². The lowest BCUT2D eigenvalue weighted by atomic mass is 10.1. The van der Waals surface area contributed by atoms with E-state index in [0.29, 0.717) is 16.4 Å². The van der Waals surface area contributed by atoms with E-state index in [9.17, 15) is 13.2 Å². The van der Waals surface area contributed by atoms with Crippen LogP contribution >= 0.6 is 11.6 Å². The number of carbonyl (C=O) groups excluding carboxylic acids is 1. The Kier molecular flexibility index (Phi) is 6.76. The van der Waals surface area contributed by atoms with Gasteiger partial charge in [-0.2, -0.15) is 0 Å². The van der Waals surface area contributed by atoms with E-state index in [1.807, 2.05) is 30.3 Å². The van der Waals surface area contributed by atoms with Crippen molar-refractivity contribution in [1.29, 1.82) is 0 Å². The Hall–Kier alpha value is -3.95. The van der Waals surface area contributed by atoms with Gasteiger partial charge in [0.25, 0.3) is 15.9 Å². The van der Waals surface area contributed by atoms with Gasteiger partial charge in [0, 0.05) is 28.2 Å². The predicted molar refractivity (Wildman–Crippen MR) is 131 cm³/mol. The molecule has 0 atom stereocenters. The van der Waals surface area contributed by atoms with Crippen LogP contribution in [0.3, 0.4) is 0 Å². The Balaban J connectivity index is 1.59. The second-order valence-corrected chi connectivity index (χ2v) is 9.15. The highest BCUT2D eigenvalue weighted by Gasteiger charge is 2.21. The molecular weight excluding hydrogens is 476 g/mol. The summed E-state index contributed by atoms with van der Waals surface area (Å²) < 4.78 is 33.7. The topological polar surface area (TPSA) is 110 Å². The number of methoxy groups -OCH3 is 1. The molecule has 0 radical (unpaired) electrons. The molecule has 0 bridgehead atoms. The van der Waals surface area contributed by atoms with Crippen LogP contribution in [0.1, 0.15) is 10.6 Å². The zero-order valence-corrected chi connectivity index (χ0v) is 19.5. The number of carbonyl (C=O) groups is 1. The van der Waals surface area contributed by atoms with E-state index >= 15 is 0 Å². The molecule has 4 aromatic rings. The number of halogens is 1. The number of benzene rings is 3. The molecule has 0 aliphatic heterocycles. The summed E-state index contributed by atoms with van der Waals surface area (Å²) >= 11 is 5.86. The second-order valence-electron chi connectivity index (χ2n) is 7.06. The third-order valence-corrected chi connectivity index (χ3v) is 6.39. The summed E-state index contributed by atoms with van der Waals surface area (Å²) in [5.41, 5.74) is 1.99. The highest BCUT2D eigenvalue weighted by Crippen LogP contribution is 2.29. The monoisotopic (exact) mass is 494 g/mol. The molecule has 0 spiro atoms. The van der Waals surface area contributed by atoms with Crippen LogP contribution in [0.25, 0.3) is 11.3 Å². The number of hydrogen-bond acceptors (Lipinski definition) is 6. The van der Waals surface area contributed by atoms with Gasteiger partial charge in [0.05, 0.1) is 12.8 Å². The van der Waals surface area contributed by atoms with Crippen molar-refractivity contribution in [3.8, 4) is 17.0 Å². The van der Waals surface area contributed by atoms with Crippen LogP contribution in [0.4, 0.5) is 11.4 Å². The van der Waals surface area contributed by atoms with Crippen LogP contribution in [-0.2, 0) is 10.0 Å². The summed E-state index contributed by atoms with van der Waals surface area (Å²) in [6.07, 6.45) is 1.49. The number of nitrogens with one attached hydrogen (secondary N) is 2. The second kappa shape index (κ2) is 9.90. The highest BCUT2D eigenvalue weighted by atomic mass is 35.5. The first-order valence-corrected chi connectivity index (χ1v) is 11.9. The molecule has 1 amide bonds. The van der Waals surface area contributed by atoms with Crippen LogP contribution in [0.2, 0.25) is 5.02 Å². The van der Waals surface area contributed by atoms with E-state index < -0.39 is 15.9 Å². The van der Waals surface area contributed by atoms with E-state index in [2.05, 4.69) is 20.0 Å². The Bertz CT molecular complexity index is 1430. The Morgan fingerprint density at radius 3 is 2.35 bits per heavy atom. The maximum atomic E-state index is 13.0. The Morgan fingerprint density at radius 2 is 1.65 bits per heavy atom. The minimum Gasteiger partial charge on any atom is -0.495 e. The SMILES string of the molecule is COc1ccc(NC(=O)c2nccc(-c3ccccc3)n2)cc1S(=O)(=O)Nc1ccc(Cl)cc1. The number of hydrogen-bond donors (Lipinski definition) is 2. The predicted octanol–water partition coefficient (Wildman–Crippen LogP) is 4.86. The van der Waals surface area contributed by atoms with Crippen LogP contribution < -0.4 is 14.8 Å². The molecular formula is C24H19ClN4O4S. The summed E-state index contributed by atoms with van der Waals surface area (Å²) in [7, 11) is -2.68. The van der Waals surface area contributed by atoms with Gasteiger partial charge in [-0.1, -0.05) is 41.9 Å². The van der Waals surface area contributed by atoms with E-state index in [4.69, 9.17) is 16.3 Å². The lowest BCUT2D eigenvalue weighted by Gasteiger charge is -2.14. The van der Waals surface area contributed by atoms with Crippen LogP contribution in [0.5, 0.6) is 5.75 Å². The summed E-state index contributed by atoms with van der Waals surface area (Å²) in [6.45, 7) is 0. The zero-order valence-electron chi connectivity index (χ0n) is 17.9. The lowest BCUT2D eigenvalue weighted by molar-refractivity contribution is 0.101. The third kappa shape index (κ3) is 5.33. The molecule has 0 aliphatic rings. The molecule has 0 aliphatic carbocycles. The van der Waals surface area contributed by atoms with Gasteiger partial charge in [-0.15, -0.1) is 0 Å². The molecule has 1 aromatic heterocycles. The molecule has 8 nitrogen and oxygen atoms in total. The molecule has 4 rings (SSSR count). The largest absolute Gasteiger partial charge is 0.495 e. The van der Waals surface area contributed by atoms with Crippen molar-refractivity contribution >= 4 is 38.9 Å². The van der Waals surface area contributed by atoms with Gasteiger partial charge >= 0.3 is 0 Å². The van der Waals surface area contributed by atoms with Gasteiger partial charge < -0.3 is 10.1 Å². The number of amides is 1. The first-order valence-electron chi connectivity index (χ1n) is 10.0. The van der Waals surface area contributed by atoms with E-state index in [1.165, 1.54) is 43.6 Å². The summed E-state index contributed by atoms with van der Waals surface area (Å²) in [6, 6.07) is 21.6. The van der Waals surface area contributed by atoms with Crippen molar-refractivity contribution in [2.45, 2.75) is 4.90 Å². The van der Waals surface area contributed by atoms with Crippen molar-refractivity contribution in [2.24, 2.45) is 0 Å². The van der Waals surface area contributed by atoms with Gasteiger partial charge in [0.15, 0.2) is 0 Å². The molecule has 0 saturated carbocycles. The lowest BCUT2D eigenvalue weighted by Crippen LogP contribution is -2.17. The summed E-state index contributed by atoms with van der Waals surface area (Å²) in [4.78, 5) is 21.0. The standard InChI is InChI=1S/C24H19ClN4O4S/c1-33-21-12-11-19(15-22(21)34(31,32)29-18-9-7-17(25)8-10-18)27-24(30)23-26-14-13-20(28-23)16-5-3-2-4-6-16/h2-15,29H,1H3,(H,27,30). The first kappa shape index (κ1) is 23.2. The van der Waals surface area contributed by atoms with Gasteiger partial charge in [-0.3, -0.25) is 9.52 Å². The number of aromatic nitrogens is 2. The average Bonchev–Trinajstić information content (AvgIpc) is 2.86. The zero-order chi connectivity index (χ0) is 24.1. The minimum absolute atomic E-state index is 0.0548. The normalized spacial score (nSPS) is 11.0. The van der Waals surface area contributed by atoms with Gasteiger partial charge in [0.1, 0.15) is 10.6 Å². The fourth-order valence-electron chi connectivity index (χ4n) is 3.12. The van der Waals surface area contributed by atoms with E-state index in [-0.39, 0.29) is 22.2 Å². The van der Waals surface area contributed by atoms with Crippen molar-refractivity contribution in [1.82, 2.24) is 9.97 Å². The molecule has 0 saturated heterocycles. The molecule has 34 heavy (non-hydrogen) atoms. The van der Waals surface area contributed by atoms with Crippen LogP contribution in [-0.4, -0.2) is 31.4 Å². The van der Waals surface area contributed by atoms with Gasteiger partial charge in [0.2, 0.25) is 5.82 Å². The Morgan fingerprint density at radius 1 is 0.941 bits per heavy atom.